The largest absolute Gasteiger partial charge is 0.502 e. The van der Waals surface area contributed by atoms with E-state index in [1.807, 2.05) is 55.3 Å². The molecule has 3 aromatic rings. The molecule has 8 heteroatoms. The molecule has 1 aromatic heterocycles. The van der Waals surface area contributed by atoms with E-state index in [1.54, 1.807) is 17.0 Å². The van der Waals surface area contributed by atoms with E-state index in [-0.39, 0.29) is 18.4 Å². The molecule has 4 rings (SSSR count). The summed E-state index contributed by atoms with van der Waals surface area (Å²) in [5.41, 5.74) is 0.854. The van der Waals surface area contributed by atoms with Gasteiger partial charge in [-0.15, -0.1) is 0 Å². The quantitative estimate of drug-likeness (QED) is 0.629. The van der Waals surface area contributed by atoms with Crippen LogP contribution in [0.1, 0.15) is 41.5 Å². The summed E-state index contributed by atoms with van der Waals surface area (Å²) >= 11 is 13.2. The minimum atomic E-state index is -0.614. The third-order valence-electron chi connectivity index (χ3n) is 5.41. The number of hydrogen-bond acceptors (Lipinski definition) is 4. The third-order valence-corrected chi connectivity index (χ3v) is 6.10. The predicted molar refractivity (Wildman–Crippen MR) is 122 cm³/mol. The SMILES string of the molecule is CC(C)N1CN(C(c2ccccc2Cl)c2ccccc2Cl)n2ccc(=O)c(O)c2C1=O. The summed E-state index contributed by atoms with van der Waals surface area (Å²) in [6.45, 7) is 3.96. The minimum absolute atomic E-state index is 0.0865. The van der Waals surface area contributed by atoms with Gasteiger partial charge < -0.3 is 10.0 Å². The molecule has 0 saturated carbocycles. The number of carbonyl (C=O) groups excluding carboxylic acids is 1. The Labute approximate surface area is 189 Å². The molecule has 1 amide bonds. The number of benzene rings is 2. The number of hydrogen-bond donors (Lipinski definition) is 1. The van der Waals surface area contributed by atoms with Gasteiger partial charge >= 0.3 is 0 Å². The van der Waals surface area contributed by atoms with E-state index in [9.17, 15) is 14.7 Å². The van der Waals surface area contributed by atoms with E-state index >= 15 is 0 Å². The van der Waals surface area contributed by atoms with Crippen molar-refractivity contribution >= 4 is 29.1 Å². The first-order valence-corrected chi connectivity index (χ1v) is 10.6. The lowest BCUT2D eigenvalue weighted by molar-refractivity contribution is 0.0621. The van der Waals surface area contributed by atoms with Gasteiger partial charge in [0.05, 0.1) is 0 Å². The zero-order valence-electron chi connectivity index (χ0n) is 17.0. The van der Waals surface area contributed by atoms with E-state index in [1.165, 1.54) is 16.9 Å². The van der Waals surface area contributed by atoms with Crippen molar-refractivity contribution in [3.8, 4) is 5.75 Å². The molecule has 2 heterocycles. The van der Waals surface area contributed by atoms with E-state index in [0.29, 0.717) is 10.0 Å². The van der Waals surface area contributed by atoms with E-state index in [4.69, 9.17) is 23.2 Å². The highest BCUT2D eigenvalue weighted by atomic mass is 35.5. The number of halogens is 2. The van der Waals surface area contributed by atoms with Crippen LogP contribution in [0.25, 0.3) is 0 Å². The Kier molecular flexibility index (Phi) is 5.69. The fourth-order valence-electron chi connectivity index (χ4n) is 3.84. The maximum atomic E-state index is 13.1. The molecular formula is C23H21Cl2N3O3. The molecule has 0 unspecified atom stereocenters. The van der Waals surface area contributed by atoms with Gasteiger partial charge in [0, 0.05) is 28.4 Å². The van der Waals surface area contributed by atoms with Crippen molar-refractivity contribution in [1.82, 2.24) is 9.58 Å². The van der Waals surface area contributed by atoms with E-state index < -0.39 is 23.1 Å². The Morgan fingerprint density at radius 2 is 1.45 bits per heavy atom. The first-order valence-electron chi connectivity index (χ1n) is 9.82. The molecule has 1 aliphatic heterocycles. The highest BCUT2D eigenvalue weighted by molar-refractivity contribution is 6.32. The predicted octanol–water partition coefficient (Wildman–Crippen LogP) is 4.41. The second-order valence-electron chi connectivity index (χ2n) is 7.62. The maximum absolute atomic E-state index is 13.1. The van der Waals surface area contributed by atoms with Crippen molar-refractivity contribution in [2.75, 3.05) is 11.7 Å². The molecule has 0 atom stereocenters. The average molecular weight is 458 g/mol. The number of amides is 1. The zero-order valence-corrected chi connectivity index (χ0v) is 18.5. The summed E-state index contributed by atoms with van der Waals surface area (Å²) in [6.07, 6.45) is 1.49. The standard InChI is InChI=1S/C23H21Cl2N3O3/c1-14(2)26-13-28(27-12-11-19(29)22(30)21(27)23(26)31)20(15-7-3-5-9-17(15)24)16-8-4-6-10-18(16)25/h3-12,14,20,30H,13H2,1-2H3. The molecule has 2 aromatic carbocycles. The van der Waals surface area contributed by atoms with Crippen molar-refractivity contribution in [2.45, 2.75) is 25.9 Å². The van der Waals surface area contributed by atoms with Gasteiger partial charge in [-0.2, -0.15) is 0 Å². The third kappa shape index (κ3) is 3.66. The summed E-state index contributed by atoms with van der Waals surface area (Å²) in [5, 5.41) is 13.4. The van der Waals surface area contributed by atoms with Crippen molar-refractivity contribution in [2.24, 2.45) is 0 Å². The van der Waals surface area contributed by atoms with Gasteiger partial charge in [-0.05, 0) is 37.1 Å². The van der Waals surface area contributed by atoms with Crippen molar-refractivity contribution < 1.29 is 9.90 Å². The molecule has 31 heavy (non-hydrogen) atoms. The topological polar surface area (TPSA) is 65.8 Å². The molecule has 1 N–H and O–H groups in total. The van der Waals surface area contributed by atoms with Crippen molar-refractivity contribution in [3.05, 3.63) is 97.9 Å². The Morgan fingerprint density at radius 3 is 1.97 bits per heavy atom. The molecule has 0 radical (unpaired) electrons. The van der Waals surface area contributed by atoms with Crippen LogP contribution >= 0.6 is 23.2 Å². The van der Waals surface area contributed by atoms with Crippen LogP contribution in [0.2, 0.25) is 10.0 Å². The zero-order chi connectivity index (χ0) is 22.3. The molecule has 0 bridgehead atoms. The first kappa shape index (κ1) is 21.3. The van der Waals surface area contributed by atoms with Crippen molar-refractivity contribution in [1.29, 1.82) is 0 Å². The number of nitrogens with zero attached hydrogens (tertiary/aromatic N) is 3. The summed E-state index contributed by atoms with van der Waals surface area (Å²) in [4.78, 5) is 26.9. The van der Waals surface area contributed by atoms with Crippen LogP contribution in [0.15, 0.2) is 65.6 Å². The number of pyridine rings is 1. The highest BCUT2D eigenvalue weighted by Crippen LogP contribution is 2.38. The Bertz CT molecular complexity index is 1160. The fourth-order valence-corrected chi connectivity index (χ4v) is 4.32. The van der Waals surface area contributed by atoms with Gasteiger partial charge in [0.25, 0.3) is 5.91 Å². The Balaban J connectivity index is 2.01. The normalized spacial score (nSPS) is 13.8. The summed E-state index contributed by atoms with van der Waals surface area (Å²) in [5.74, 6) is -1.00. The lowest BCUT2D eigenvalue weighted by Gasteiger charge is -2.45. The molecule has 0 fully saturated rings. The number of rotatable bonds is 4. The van der Waals surface area contributed by atoms with Crippen molar-refractivity contribution in [3.63, 3.8) is 0 Å². The molecule has 1 aliphatic rings. The van der Waals surface area contributed by atoms with Gasteiger partial charge in [0.15, 0.2) is 11.4 Å². The molecule has 0 spiro atoms. The van der Waals surface area contributed by atoms with Crippen LogP contribution < -0.4 is 10.4 Å². The van der Waals surface area contributed by atoms with E-state index in [2.05, 4.69) is 0 Å². The lowest BCUT2D eigenvalue weighted by atomic mass is 9.97. The van der Waals surface area contributed by atoms with Crippen LogP contribution in [0, 0.1) is 0 Å². The minimum Gasteiger partial charge on any atom is -0.502 e. The maximum Gasteiger partial charge on any atom is 0.278 e. The number of fused-ring (bicyclic) bond motifs is 1. The number of aromatic nitrogens is 1. The number of aromatic hydroxyl groups is 1. The monoisotopic (exact) mass is 457 g/mol. The van der Waals surface area contributed by atoms with Crippen LogP contribution in [0.4, 0.5) is 0 Å². The van der Waals surface area contributed by atoms with Crippen LogP contribution in [0.5, 0.6) is 5.75 Å². The average Bonchev–Trinajstić information content (AvgIpc) is 2.74. The lowest BCUT2D eigenvalue weighted by Crippen LogP contribution is -2.57. The van der Waals surface area contributed by atoms with Gasteiger partial charge in [0.2, 0.25) is 5.43 Å². The second-order valence-corrected chi connectivity index (χ2v) is 8.43. The molecular weight excluding hydrogens is 437 g/mol. The second kappa shape index (κ2) is 8.29. The van der Waals surface area contributed by atoms with Crippen LogP contribution in [-0.2, 0) is 0 Å². The fraction of sp³-hybridized carbons (Fsp3) is 0.217. The smallest absolute Gasteiger partial charge is 0.278 e. The van der Waals surface area contributed by atoms with Gasteiger partial charge in [-0.3, -0.25) is 19.3 Å². The van der Waals surface area contributed by atoms with Gasteiger partial charge in [-0.25, -0.2) is 0 Å². The first-order chi connectivity index (χ1) is 14.8. The Hall–Kier alpha value is -2.96. The highest BCUT2D eigenvalue weighted by Gasteiger charge is 2.38. The molecule has 160 valence electrons. The molecule has 6 nitrogen and oxygen atoms in total. The van der Waals surface area contributed by atoms with Gasteiger partial charge in [-0.1, -0.05) is 59.6 Å². The van der Waals surface area contributed by atoms with Crippen LogP contribution in [0.3, 0.4) is 0 Å². The van der Waals surface area contributed by atoms with Crippen LogP contribution in [-0.4, -0.2) is 33.3 Å². The molecule has 0 aliphatic carbocycles. The van der Waals surface area contributed by atoms with E-state index in [0.717, 1.165) is 11.1 Å². The summed E-state index contributed by atoms with van der Waals surface area (Å²) in [6, 6.07) is 15.4. The summed E-state index contributed by atoms with van der Waals surface area (Å²) in [7, 11) is 0. The Morgan fingerprint density at radius 1 is 0.903 bits per heavy atom. The number of carbonyl (C=O) groups is 1. The molecule has 0 saturated heterocycles. The summed E-state index contributed by atoms with van der Waals surface area (Å²) < 4.78 is 1.52. The van der Waals surface area contributed by atoms with Gasteiger partial charge in [0.1, 0.15) is 12.7 Å².